The molecule has 3 heteroatoms. The molecule has 1 rings (SSSR count). The van der Waals surface area contributed by atoms with Crippen molar-refractivity contribution in [1.29, 1.82) is 0 Å². The first-order chi connectivity index (χ1) is 4.34. The van der Waals surface area contributed by atoms with Crippen LogP contribution >= 0.6 is 12.4 Å². The van der Waals surface area contributed by atoms with Gasteiger partial charge in [-0.25, -0.2) is 0 Å². The molecule has 0 spiro atoms. The third-order valence-corrected chi connectivity index (χ3v) is 2.20. The molecule has 0 saturated carbocycles. The van der Waals surface area contributed by atoms with Crippen LogP contribution in [0.4, 0.5) is 0 Å². The van der Waals surface area contributed by atoms with E-state index in [1.165, 1.54) is 0 Å². The molecule has 0 aliphatic carbocycles. The van der Waals surface area contributed by atoms with Crippen LogP contribution in [0.5, 0.6) is 0 Å². The second-order valence-electron chi connectivity index (χ2n) is 2.91. The summed E-state index contributed by atoms with van der Waals surface area (Å²) < 4.78 is 0. The average molecular weight is 166 g/mol. The molecule has 1 heterocycles. The largest absolute Gasteiger partial charge is 0.396 e. The van der Waals surface area contributed by atoms with Gasteiger partial charge in [0, 0.05) is 6.61 Å². The molecule has 2 nitrogen and oxygen atoms in total. The first kappa shape index (κ1) is 10.2. The average Bonchev–Trinajstić information content (AvgIpc) is 1.89. The van der Waals surface area contributed by atoms with Gasteiger partial charge in [-0.05, 0) is 31.3 Å². The van der Waals surface area contributed by atoms with E-state index in [-0.39, 0.29) is 12.4 Å². The predicted octanol–water partition coefficient (Wildman–Crippen LogP) is 0.646. The van der Waals surface area contributed by atoms with Crippen LogP contribution in [0.3, 0.4) is 0 Å². The van der Waals surface area contributed by atoms with Gasteiger partial charge >= 0.3 is 0 Å². The fourth-order valence-electron chi connectivity index (χ4n) is 1.34. The lowest BCUT2D eigenvalue weighted by Crippen LogP contribution is -2.36. The zero-order valence-electron chi connectivity index (χ0n) is 6.34. The van der Waals surface area contributed by atoms with E-state index in [0.29, 0.717) is 18.4 Å². The van der Waals surface area contributed by atoms with E-state index in [0.717, 1.165) is 19.5 Å². The van der Waals surface area contributed by atoms with E-state index in [9.17, 15) is 0 Å². The summed E-state index contributed by atoms with van der Waals surface area (Å²) >= 11 is 0. The maximum absolute atomic E-state index is 8.83. The molecule has 2 unspecified atom stereocenters. The van der Waals surface area contributed by atoms with Crippen molar-refractivity contribution in [2.75, 3.05) is 19.7 Å². The highest BCUT2D eigenvalue weighted by atomic mass is 35.5. The van der Waals surface area contributed by atoms with Gasteiger partial charge in [-0.1, -0.05) is 6.92 Å². The lowest BCUT2D eigenvalue weighted by molar-refractivity contribution is 0.153. The molecule has 0 amide bonds. The van der Waals surface area contributed by atoms with Crippen molar-refractivity contribution in [3.63, 3.8) is 0 Å². The minimum absolute atomic E-state index is 0. The molecule has 0 aromatic carbocycles. The molecule has 2 N–H and O–H groups in total. The van der Waals surface area contributed by atoms with E-state index >= 15 is 0 Å². The van der Waals surface area contributed by atoms with Gasteiger partial charge < -0.3 is 10.4 Å². The number of halogens is 1. The maximum Gasteiger partial charge on any atom is 0.0462 e. The predicted molar refractivity (Wildman–Crippen MR) is 44.5 cm³/mol. The van der Waals surface area contributed by atoms with Crippen LogP contribution < -0.4 is 5.32 Å². The van der Waals surface area contributed by atoms with Crippen molar-refractivity contribution in [3.05, 3.63) is 0 Å². The maximum atomic E-state index is 8.83. The minimum Gasteiger partial charge on any atom is -0.396 e. The van der Waals surface area contributed by atoms with E-state index in [1.54, 1.807) is 0 Å². The van der Waals surface area contributed by atoms with Gasteiger partial charge in [-0.3, -0.25) is 0 Å². The Morgan fingerprint density at radius 1 is 1.60 bits per heavy atom. The van der Waals surface area contributed by atoms with Crippen molar-refractivity contribution in [3.8, 4) is 0 Å². The Hall–Kier alpha value is 0.210. The molecule has 0 radical (unpaired) electrons. The summed E-state index contributed by atoms with van der Waals surface area (Å²) in [4.78, 5) is 0. The fourth-order valence-corrected chi connectivity index (χ4v) is 1.34. The number of piperidine rings is 1. The first-order valence-electron chi connectivity index (χ1n) is 3.66. The van der Waals surface area contributed by atoms with Crippen molar-refractivity contribution >= 4 is 12.4 Å². The summed E-state index contributed by atoms with van der Waals surface area (Å²) in [5, 5.41) is 12.1. The van der Waals surface area contributed by atoms with Crippen molar-refractivity contribution in [2.45, 2.75) is 13.3 Å². The molecular formula is C7H16ClNO. The summed E-state index contributed by atoms with van der Waals surface area (Å²) in [5.74, 6) is 1.20. The van der Waals surface area contributed by atoms with Crippen molar-refractivity contribution in [2.24, 2.45) is 11.8 Å². The molecule has 1 aliphatic heterocycles. The lowest BCUT2D eigenvalue weighted by atomic mass is 9.89. The Kier molecular flexibility index (Phi) is 5.04. The molecule has 10 heavy (non-hydrogen) atoms. The second-order valence-corrected chi connectivity index (χ2v) is 2.91. The summed E-state index contributed by atoms with van der Waals surface area (Å²) in [6.45, 7) is 4.71. The monoisotopic (exact) mass is 165 g/mol. The van der Waals surface area contributed by atoms with Crippen LogP contribution in [-0.4, -0.2) is 24.8 Å². The Morgan fingerprint density at radius 2 is 2.30 bits per heavy atom. The molecule has 1 aliphatic rings. The van der Waals surface area contributed by atoms with E-state index < -0.39 is 0 Å². The van der Waals surface area contributed by atoms with Gasteiger partial charge in [-0.2, -0.15) is 0 Å². The Bertz CT molecular complexity index is 89.7. The SMILES string of the molecule is CC1CNCCC1CO.Cl. The summed E-state index contributed by atoms with van der Waals surface area (Å²) in [5.41, 5.74) is 0. The van der Waals surface area contributed by atoms with Crippen LogP contribution in [0.2, 0.25) is 0 Å². The molecule has 0 aromatic heterocycles. The highest BCUT2D eigenvalue weighted by Crippen LogP contribution is 2.16. The standard InChI is InChI=1S/C7H15NO.ClH/c1-6-4-8-3-2-7(6)5-9;/h6-9H,2-5H2,1H3;1H. The summed E-state index contributed by atoms with van der Waals surface area (Å²) in [6.07, 6.45) is 1.14. The lowest BCUT2D eigenvalue weighted by Gasteiger charge is -2.27. The number of rotatable bonds is 1. The summed E-state index contributed by atoms with van der Waals surface area (Å²) in [6, 6.07) is 0. The third-order valence-electron chi connectivity index (χ3n) is 2.20. The zero-order valence-corrected chi connectivity index (χ0v) is 7.16. The number of nitrogens with one attached hydrogen (secondary N) is 1. The van der Waals surface area contributed by atoms with Gasteiger partial charge in [0.05, 0.1) is 0 Å². The molecular weight excluding hydrogens is 150 g/mol. The summed E-state index contributed by atoms with van der Waals surface area (Å²) in [7, 11) is 0. The van der Waals surface area contributed by atoms with Crippen molar-refractivity contribution < 1.29 is 5.11 Å². The second kappa shape index (κ2) is 4.94. The zero-order chi connectivity index (χ0) is 6.69. The Balaban J connectivity index is 0.000000810. The molecule has 0 bridgehead atoms. The van der Waals surface area contributed by atoms with Crippen LogP contribution in [0.15, 0.2) is 0 Å². The van der Waals surface area contributed by atoms with Gasteiger partial charge in [0.2, 0.25) is 0 Å². The van der Waals surface area contributed by atoms with E-state index in [4.69, 9.17) is 5.11 Å². The van der Waals surface area contributed by atoms with Crippen LogP contribution in [0, 0.1) is 11.8 Å². The topological polar surface area (TPSA) is 32.3 Å². The molecule has 0 aromatic rings. The fraction of sp³-hybridized carbons (Fsp3) is 1.00. The van der Waals surface area contributed by atoms with Crippen LogP contribution in [0.25, 0.3) is 0 Å². The molecule has 1 saturated heterocycles. The van der Waals surface area contributed by atoms with Gasteiger partial charge in [0.15, 0.2) is 0 Å². The number of hydrogen-bond donors (Lipinski definition) is 2. The first-order valence-corrected chi connectivity index (χ1v) is 3.66. The number of aliphatic hydroxyl groups is 1. The van der Waals surface area contributed by atoms with Crippen molar-refractivity contribution in [1.82, 2.24) is 5.32 Å². The normalized spacial score (nSPS) is 33.0. The quantitative estimate of drug-likeness (QED) is 0.598. The van der Waals surface area contributed by atoms with Crippen LogP contribution in [-0.2, 0) is 0 Å². The number of aliphatic hydroxyl groups excluding tert-OH is 1. The molecule has 2 atom stereocenters. The number of hydrogen-bond acceptors (Lipinski definition) is 2. The highest BCUT2D eigenvalue weighted by molar-refractivity contribution is 5.85. The smallest absolute Gasteiger partial charge is 0.0462 e. The van der Waals surface area contributed by atoms with Gasteiger partial charge in [-0.15, -0.1) is 12.4 Å². The Labute approximate surface area is 68.4 Å². The third kappa shape index (κ3) is 2.45. The Morgan fingerprint density at radius 3 is 2.70 bits per heavy atom. The van der Waals surface area contributed by atoms with E-state index in [1.807, 2.05) is 0 Å². The minimum atomic E-state index is 0. The highest BCUT2D eigenvalue weighted by Gasteiger charge is 2.19. The van der Waals surface area contributed by atoms with E-state index in [2.05, 4.69) is 12.2 Å². The molecule has 1 fully saturated rings. The van der Waals surface area contributed by atoms with Gasteiger partial charge in [0.25, 0.3) is 0 Å². The molecule has 62 valence electrons. The van der Waals surface area contributed by atoms with Gasteiger partial charge in [0.1, 0.15) is 0 Å². The van der Waals surface area contributed by atoms with Crippen LogP contribution in [0.1, 0.15) is 13.3 Å².